The minimum atomic E-state index is 0. The van der Waals surface area contributed by atoms with Gasteiger partial charge >= 0.3 is 0 Å². The van der Waals surface area contributed by atoms with Gasteiger partial charge in [0.15, 0.2) is 0 Å². The van der Waals surface area contributed by atoms with Crippen LogP contribution in [0.4, 0.5) is 0 Å². The molecule has 0 bridgehead atoms. The van der Waals surface area contributed by atoms with Crippen molar-refractivity contribution in [3.63, 3.8) is 0 Å². The SMILES string of the molecule is C.CCC1(C)CC(C)CC(C)(C)C1. The Hall–Kier alpha value is 0. The molecule has 0 heteroatoms. The molecule has 0 aliphatic heterocycles. The molecule has 0 spiro atoms. The molecule has 0 radical (unpaired) electrons. The van der Waals surface area contributed by atoms with E-state index < -0.39 is 0 Å². The van der Waals surface area contributed by atoms with Crippen LogP contribution in [0.5, 0.6) is 0 Å². The van der Waals surface area contributed by atoms with E-state index in [1.165, 1.54) is 25.7 Å². The van der Waals surface area contributed by atoms with Gasteiger partial charge in [-0.2, -0.15) is 0 Å². The van der Waals surface area contributed by atoms with Crippen molar-refractivity contribution >= 4 is 0 Å². The first-order chi connectivity index (χ1) is 5.37. The summed E-state index contributed by atoms with van der Waals surface area (Å²) in [4.78, 5) is 0. The zero-order chi connectivity index (χ0) is 9.41. The Morgan fingerprint density at radius 2 is 1.69 bits per heavy atom. The average Bonchev–Trinajstić information content (AvgIpc) is 1.82. The molecule has 0 nitrogen and oxygen atoms in total. The van der Waals surface area contributed by atoms with Crippen molar-refractivity contribution in [3.05, 3.63) is 0 Å². The Balaban J connectivity index is 0.00000144. The molecule has 1 saturated carbocycles. The zero-order valence-electron chi connectivity index (χ0n) is 9.41. The van der Waals surface area contributed by atoms with E-state index in [1.54, 1.807) is 0 Å². The van der Waals surface area contributed by atoms with Gasteiger partial charge in [-0.25, -0.2) is 0 Å². The van der Waals surface area contributed by atoms with Gasteiger partial charge < -0.3 is 0 Å². The van der Waals surface area contributed by atoms with E-state index in [0.29, 0.717) is 10.8 Å². The molecule has 1 fully saturated rings. The fourth-order valence-corrected chi connectivity index (χ4v) is 3.43. The second kappa shape index (κ2) is 4.02. The van der Waals surface area contributed by atoms with E-state index in [0.717, 1.165) is 5.92 Å². The third kappa shape index (κ3) is 3.32. The third-order valence-electron chi connectivity index (χ3n) is 3.50. The van der Waals surface area contributed by atoms with Gasteiger partial charge in [-0.3, -0.25) is 0 Å². The molecule has 2 unspecified atom stereocenters. The molecule has 80 valence electrons. The molecule has 0 aromatic heterocycles. The van der Waals surface area contributed by atoms with E-state index in [4.69, 9.17) is 0 Å². The number of hydrogen-bond acceptors (Lipinski definition) is 0. The lowest BCUT2D eigenvalue weighted by atomic mass is 9.60. The largest absolute Gasteiger partial charge is 0.0776 e. The van der Waals surface area contributed by atoms with Crippen LogP contribution in [0, 0.1) is 16.7 Å². The highest BCUT2D eigenvalue weighted by molar-refractivity contribution is 4.89. The molecule has 0 aromatic rings. The van der Waals surface area contributed by atoms with Gasteiger partial charge in [0, 0.05) is 0 Å². The zero-order valence-corrected chi connectivity index (χ0v) is 9.41. The fourth-order valence-electron chi connectivity index (χ4n) is 3.43. The van der Waals surface area contributed by atoms with E-state index in [-0.39, 0.29) is 7.43 Å². The van der Waals surface area contributed by atoms with Crippen LogP contribution < -0.4 is 0 Å². The first kappa shape index (κ1) is 13.0. The molecule has 0 aromatic carbocycles. The van der Waals surface area contributed by atoms with Crippen molar-refractivity contribution in [2.45, 2.75) is 67.7 Å². The normalized spacial score (nSPS) is 38.1. The number of hydrogen-bond donors (Lipinski definition) is 0. The van der Waals surface area contributed by atoms with Gasteiger partial charge in [0.25, 0.3) is 0 Å². The summed E-state index contributed by atoms with van der Waals surface area (Å²) >= 11 is 0. The summed E-state index contributed by atoms with van der Waals surface area (Å²) in [6.07, 6.45) is 5.62. The summed E-state index contributed by atoms with van der Waals surface area (Å²) in [5.74, 6) is 0.929. The Bertz CT molecular complexity index is 157. The van der Waals surface area contributed by atoms with E-state index in [2.05, 4.69) is 34.6 Å². The lowest BCUT2D eigenvalue weighted by Crippen LogP contribution is -2.34. The molecule has 2 atom stereocenters. The van der Waals surface area contributed by atoms with Crippen LogP contribution in [0.15, 0.2) is 0 Å². The lowest BCUT2D eigenvalue weighted by Gasteiger charge is -2.45. The molecule has 0 amide bonds. The minimum Gasteiger partial charge on any atom is -0.0776 e. The Morgan fingerprint density at radius 1 is 1.15 bits per heavy atom. The van der Waals surface area contributed by atoms with Crippen molar-refractivity contribution in [1.29, 1.82) is 0 Å². The predicted octanol–water partition coefficient (Wildman–Crippen LogP) is 4.89. The quantitative estimate of drug-likeness (QED) is 0.544. The number of rotatable bonds is 1. The third-order valence-corrected chi connectivity index (χ3v) is 3.50. The van der Waals surface area contributed by atoms with Gasteiger partial charge in [-0.1, -0.05) is 48.5 Å². The van der Waals surface area contributed by atoms with Crippen molar-refractivity contribution < 1.29 is 0 Å². The first-order valence-corrected chi connectivity index (χ1v) is 5.37. The minimum absolute atomic E-state index is 0. The monoisotopic (exact) mass is 184 g/mol. The molecule has 0 N–H and O–H groups in total. The Labute approximate surface area is 85.1 Å². The highest BCUT2D eigenvalue weighted by Crippen LogP contribution is 2.49. The van der Waals surface area contributed by atoms with Crippen molar-refractivity contribution in [2.75, 3.05) is 0 Å². The van der Waals surface area contributed by atoms with Crippen LogP contribution >= 0.6 is 0 Å². The van der Waals surface area contributed by atoms with Gasteiger partial charge in [0.1, 0.15) is 0 Å². The standard InChI is InChI=1S/C12H24.CH4/c1-6-12(5)8-10(2)7-11(3,4)9-12;/h10H,6-9H2,1-5H3;1H4. The molecule has 13 heavy (non-hydrogen) atoms. The fraction of sp³-hybridized carbons (Fsp3) is 1.00. The van der Waals surface area contributed by atoms with Gasteiger partial charge in [-0.15, -0.1) is 0 Å². The second-order valence-electron chi connectivity index (χ2n) is 6.02. The summed E-state index contributed by atoms with van der Waals surface area (Å²) in [5, 5.41) is 0. The highest BCUT2D eigenvalue weighted by atomic mass is 14.4. The van der Waals surface area contributed by atoms with Gasteiger partial charge in [0.2, 0.25) is 0 Å². The molecule has 1 aliphatic rings. The Kier molecular flexibility index (Phi) is 4.02. The smallest absolute Gasteiger partial charge is 0.0321 e. The van der Waals surface area contributed by atoms with Gasteiger partial charge in [-0.05, 0) is 36.0 Å². The second-order valence-corrected chi connectivity index (χ2v) is 6.02. The van der Waals surface area contributed by atoms with Crippen LogP contribution in [0.3, 0.4) is 0 Å². The molecular weight excluding hydrogens is 156 g/mol. The highest BCUT2D eigenvalue weighted by Gasteiger charge is 2.38. The van der Waals surface area contributed by atoms with Crippen LogP contribution in [0.25, 0.3) is 0 Å². The maximum Gasteiger partial charge on any atom is -0.0321 e. The Morgan fingerprint density at radius 3 is 2.08 bits per heavy atom. The maximum absolute atomic E-state index is 2.46. The van der Waals surface area contributed by atoms with Crippen molar-refractivity contribution in [2.24, 2.45) is 16.7 Å². The summed E-state index contributed by atoms with van der Waals surface area (Å²) in [7, 11) is 0. The summed E-state index contributed by atoms with van der Waals surface area (Å²) in [6, 6.07) is 0. The molecule has 1 rings (SSSR count). The van der Waals surface area contributed by atoms with Crippen molar-refractivity contribution in [1.82, 2.24) is 0 Å². The van der Waals surface area contributed by atoms with Crippen LogP contribution in [-0.2, 0) is 0 Å². The van der Waals surface area contributed by atoms with Crippen molar-refractivity contribution in [3.8, 4) is 0 Å². The van der Waals surface area contributed by atoms with E-state index >= 15 is 0 Å². The van der Waals surface area contributed by atoms with E-state index in [1.807, 2.05) is 0 Å². The lowest BCUT2D eigenvalue weighted by molar-refractivity contribution is 0.0582. The first-order valence-electron chi connectivity index (χ1n) is 5.37. The van der Waals surface area contributed by atoms with E-state index in [9.17, 15) is 0 Å². The summed E-state index contributed by atoms with van der Waals surface area (Å²) < 4.78 is 0. The molecule has 0 saturated heterocycles. The average molecular weight is 184 g/mol. The maximum atomic E-state index is 2.46. The molecule has 0 heterocycles. The van der Waals surface area contributed by atoms with Crippen LogP contribution in [0.1, 0.15) is 67.7 Å². The molecular formula is C13H28. The van der Waals surface area contributed by atoms with Gasteiger partial charge in [0.05, 0.1) is 0 Å². The predicted molar refractivity (Wildman–Crippen MR) is 61.9 cm³/mol. The van der Waals surface area contributed by atoms with Crippen LogP contribution in [-0.4, -0.2) is 0 Å². The molecule has 1 aliphatic carbocycles. The summed E-state index contributed by atoms with van der Waals surface area (Å²) in [5.41, 5.74) is 1.21. The van der Waals surface area contributed by atoms with Crippen LogP contribution in [0.2, 0.25) is 0 Å². The summed E-state index contributed by atoms with van der Waals surface area (Å²) in [6.45, 7) is 12.1. The topological polar surface area (TPSA) is 0 Å².